The SMILES string of the molecule is COC(=O)CSCc1ccccc1F. The Balaban J connectivity index is 2.39. The zero-order valence-corrected chi connectivity index (χ0v) is 8.64. The topological polar surface area (TPSA) is 26.3 Å². The van der Waals surface area contributed by atoms with E-state index in [1.165, 1.54) is 24.9 Å². The van der Waals surface area contributed by atoms with Crippen molar-refractivity contribution in [3.8, 4) is 0 Å². The molecule has 0 heterocycles. The Morgan fingerprint density at radius 1 is 1.50 bits per heavy atom. The maximum absolute atomic E-state index is 13.1. The molecule has 1 rings (SSSR count). The van der Waals surface area contributed by atoms with Crippen molar-refractivity contribution in [3.05, 3.63) is 35.6 Å². The van der Waals surface area contributed by atoms with Gasteiger partial charge in [0, 0.05) is 5.75 Å². The molecule has 0 aromatic heterocycles. The minimum Gasteiger partial charge on any atom is -0.468 e. The van der Waals surface area contributed by atoms with Gasteiger partial charge in [-0.05, 0) is 11.6 Å². The molecule has 0 N–H and O–H groups in total. The van der Waals surface area contributed by atoms with Gasteiger partial charge in [-0.15, -0.1) is 11.8 Å². The van der Waals surface area contributed by atoms with Crippen LogP contribution in [0, 0.1) is 5.82 Å². The van der Waals surface area contributed by atoms with Crippen LogP contribution in [0.25, 0.3) is 0 Å². The molecule has 14 heavy (non-hydrogen) atoms. The first-order valence-electron chi connectivity index (χ1n) is 4.12. The summed E-state index contributed by atoms with van der Waals surface area (Å²) in [6.07, 6.45) is 0. The standard InChI is InChI=1S/C10H11FO2S/c1-13-10(12)7-14-6-8-4-2-3-5-9(8)11/h2-5H,6-7H2,1H3. The Hall–Kier alpha value is -1.03. The second kappa shape index (κ2) is 5.65. The Bertz CT molecular complexity index is 315. The number of rotatable bonds is 4. The first-order chi connectivity index (χ1) is 6.74. The van der Waals surface area contributed by atoms with Crippen LogP contribution in [0.2, 0.25) is 0 Å². The maximum atomic E-state index is 13.1. The molecule has 1 aromatic carbocycles. The van der Waals surface area contributed by atoms with E-state index in [1.54, 1.807) is 18.2 Å². The van der Waals surface area contributed by atoms with E-state index in [9.17, 15) is 9.18 Å². The van der Waals surface area contributed by atoms with Gasteiger partial charge in [0.25, 0.3) is 0 Å². The summed E-state index contributed by atoms with van der Waals surface area (Å²) in [5.41, 5.74) is 0.612. The van der Waals surface area contributed by atoms with Crippen molar-refractivity contribution >= 4 is 17.7 Å². The van der Waals surface area contributed by atoms with Gasteiger partial charge in [-0.1, -0.05) is 18.2 Å². The average Bonchev–Trinajstić information content (AvgIpc) is 2.20. The van der Waals surface area contributed by atoms with Gasteiger partial charge < -0.3 is 4.74 Å². The third-order valence-corrected chi connectivity index (χ3v) is 2.62. The van der Waals surface area contributed by atoms with Crippen LogP contribution in [-0.4, -0.2) is 18.8 Å². The van der Waals surface area contributed by atoms with Crippen LogP contribution in [0.4, 0.5) is 4.39 Å². The number of carbonyl (C=O) groups is 1. The summed E-state index contributed by atoms with van der Waals surface area (Å²) in [5, 5.41) is 0. The summed E-state index contributed by atoms with van der Waals surface area (Å²) in [4.78, 5) is 10.8. The number of hydrogen-bond donors (Lipinski definition) is 0. The fourth-order valence-corrected chi connectivity index (χ4v) is 1.76. The molecular formula is C10H11FO2S. The van der Waals surface area contributed by atoms with Crippen LogP contribution < -0.4 is 0 Å². The number of hydrogen-bond acceptors (Lipinski definition) is 3. The van der Waals surface area contributed by atoms with Crippen LogP contribution in [-0.2, 0) is 15.3 Å². The molecule has 0 aliphatic rings. The van der Waals surface area contributed by atoms with Crippen molar-refractivity contribution in [2.24, 2.45) is 0 Å². The number of esters is 1. The van der Waals surface area contributed by atoms with Crippen LogP contribution >= 0.6 is 11.8 Å². The quantitative estimate of drug-likeness (QED) is 0.719. The predicted octanol–water partition coefficient (Wildman–Crippen LogP) is 2.23. The van der Waals surface area contributed by atoms with Crippen molar-refractivity contribution in [1.82, 2.24) is 0 Å². The van der Waals surface area contributed by atoms with Crippen molar-refractivity contribution in [1.29, 1.82) is 0 Å². The van der Waals surface area contributed by atoms with E-state index in [0.29, 0.717) is 11.3 Å². The lowest BCUT2D eigenvalue weighted by atomic mass is 10.2. The minimum atomic E-state index is -0.286. The molecule has 1 aromatic rings. The number of halogens is 1. The molecule has 0 saturated heterocycles. The number of benzene rings is 1. The van der Waals surface area contributed by atoms with Crippen molar-refractivity contribution in [2.45, 2.75) is 5.75 Å². The Kier molecular flexibility index (Phi) is 4.46. The van der Waals surface area contributed by atoms with Gasteiger partial charge in [-0.2, -0.15) is 0 Å². The summed E-state index contributed by atoms with van der Waals surface area (Å²) >= 11 is 1.34. The lowest BCUT2D eigenvalue weighted by Gasteiger charge is -2.01. The van der Waals surface area contributed by atoms with Gasteiger partial charge in [0.1, 0.15) is 5.82 Å². The summed E-state index contributed by atoms with van der Waals surface area (Å²) in [5.74, 6) is 0.225. The summed E-state index contributed by atoms with van der Waals surface area (Å²) < 4.78 is 17.5. The molecule has 76 valence electrons. The second-order valence-electron chi connectivity index (χ2n) is 2.66. The molecule has 0 aliphatic carbocycles. The normalized spacial score (nSPS) is 9.86. The van der Waals surface area contributed by atoms with Crippen molar-refractivity contribution in [3.63, 3.8) is 0 Å². The Morgan fingerprint density at radius 3 is 2.86 bits per heavy atom. The van der Waals surface area contributed by atoms with Gasteiger partial charge in [0.2, 0.25) is 0 Å². The lowest BCUT2D eigenvalue weighted by Crippen LogP contribution is -2.03. The largest absolute Gasteiger partial charge is 0.468 e. The van der Waals surface area contributed by atoms with Crippen molar-refractivity contribution in [2.75, 3.05) is 12.9 Å². The third kappa shape index (κ3) is 3.38. The van der Waals surface area contributed by atoms with Gasteiger partial charge in [0.15, 0.2) is 0 Å². The summed E-state index contributed by atoms with van der Waals surface area (Å²) in [6, 6.07) is 6.54. The molecular weight excluding hydrogens is 203 g/mol. The number of thioether (sulfide) groups is 1. The molecule has 4 heteroatoms. The molecule has 0 spiro atoms. The molecule has 0 amide bonds. The molecule has 2 nitrogen and oxygen atoms in total. The van der Waals surface area contributed by atoms with E-state index in [2.05, 4.69) is 4.74 Å². The number of carbonyl (C=O) groups excluding carboxylic acids is 1. The Labute approximate surface area is 86.5 Å². The van der Waals surface area contributed by atoms with E-state index >= 15 is 0 Å². The molecule has 0 bridgehead atoms. The monoisotopic (exact) mass is 214 g/mol. The first-order valence-corrected chi connectivity index (χ1v) is 5.27. The first kappa shape index (κ1) is 11.0. The van der Waals surface area contributed by atoms with E-state index in [-0.39, 0.29) is 17.5 Å². The fourth-order valence-electron chi connectivity index (χ4n) is 0.919. The van der Waals surface area contributed by atoms with Crippen LogP contribution in [0.1, 0.15) is 5.56 Å². The third-order valence-electron chi connectivity index (χ3n) is 1.66. The maximum Gasteiger partial charge on any atom is 0.315 e. The van der Waals surface area contributed by atoms with Crippen molar-refractivity contribution < 1.29 is 13.9 Å². The van der Waals surface area contributed by atoms with Crippen LogP contribution in [0.5, 0.6) is 0 Å². The number of ether oxygens (including phenoxy) is 1. The lowest BCUT2D eigenvalue weighted by molar-refractivity contribution is -0.137. The van der Waals surface area contributed by atoms with Crippen LogP contribution in [0.3, 0.4) is 0 Å². The minimum absolute atomic E-state index is 0.232. The van der Waals surface area contributed by atoms with Crippen LogP contribution in [0.15, 0.2) is 24.3 Å². The average molecular weight is 214 g/mol. The van der Waals surface area contributed by atoms with Gasteiger partial charge in [-0.3, -0.25) is 4.79 Å². The van der Waals surface area contributed by atoms with Gasteiger partial charge in [0.05, 0.1) is 12.9 Å². The zero-order chi connectivity index (χ0) is 10.4. The molecule has 0 saturated carbocycles. The number of methoxy groups -OCH3 is 1. The smallest absolute Gasteiger partial charge is 0.315 e. The molecule has 0 unspecified atom stereocenters. The molecule has 0 aliphatic heterocycles. The summed E-state index contributed by atoms with van der Waals surface area (Å²) in [6.45, 7) is 0. The Morgan fingerprint density at radius 2 is 2.21 bits per heavy atom. The summed E-state index contributed by atoms with van der Waals surface area (Å²) in [7, 11) is 1.34. The van der Waals surface area contributed by atoms with Gasteiger partial charge >= 0.3 is 5.97 Å². The predicted molar refractivity (Wildman–Crippen MR) is 54.6 cm³/mol. The van der Waals surface area contributed by atoms with E-state index in [4.69, 9.17) is 0 Å². The second-order valence-corrected chi connectivity index (χ2v) is 3.65. The highest BCUT2D eigenvalue weighted by Gasteiger charge is 2.03. The molecule has 0 atom stereocenters. The van der Waals surface area contributed by atoms with Gasteiger partial charge in [-0.25, -0.2) is 4.39 Å². The fraction of sp³-hybridized carbons (Fsp3) is 0.300. The highest BCUT2D eigenvalue weighted by molar-refractivity contribution is 7.99. The highest BCUT2D eigenvalue weighted by atomic mass is 32.2. The molecule has 0 radical (unpaired) electrons. The molecule has 0 fully saturated rings. The van der Waals surface area contributed by atoms with E-state index < -0.39 is 0 Å². The zero-order valence-electron chi connectivity index (χ0n) is 7.83. The van der Waals surface area contributed by atoms with E-state index in [1.807, 2.05) is 0 Å². The van der Waals surface area contributed by atoms with E-state index in [0.717, 1.165) is 0 Å². The highest BCUT2D eigenvalue weighted by Crippen LogP contribution is 2.15.